The van der Waals surface area contributed by atoms with Crippen molar-refractivity contribution in [3.8, 4) is 0 Å². The largest absolute Gasteiger partial charge is 0.396 e. The SMILES string of the molecule is Cn1nccc1CCN1CC(CO)CC1=O. The molecule has 0 saturated carbocycles. The van der Waals surface area contributed by atoms with E-state index in [0.29, 0.717) is 13.0 Å². The lowest BCUT2D eigenvalue weighted by molar-refractivity contribution is -0.127. The highest BCUT2D eigenvalue weighted by Gasteiger charge is 2.28. The van der Waals surface area contributed by atoms with E-state index in [1.165, 1.54) is 0 Å². The summed E-state index contributed by atoms with van der Waals surface area (Å²) >= 11 is 0. The molecule has 1 unspecified atom stereocenters. The average Bonchev–Trinajstić information content (AvgIpc) is 2.82. The number of hydrogen-bond acceptors (Lipinski definition) is 3. The number of aliphatic hydroxyl groups excluding tert-OH is 1. The van der Waals surface area contributed by atoms with E-state index in [1.807, 2.05) is 22.7 Å². The van der Waals surface area contributed by atoms with Crippen LogP contribution in [-0.4, -0.2) is 45.4 Å². The Morgan fingerprint density at radius 2 is 2.44 bits per heavy atom. The molecule has 2 rings (SSSR count). The number of aliphatic hydroxyl groups is 1. The quantitative estimate of drug-likeness (QED) is 0.769. The Bertz CT molecular complexity index is 375. The molecule has 1 fully saturated rings. The summed E-state index contributed by atoms with van der Waals surface area (Å²) in [5.41, 5.74) is 1.13. The van der Waals surface area contributed by atoms with Crippen LogP contribution < -0.4 is 0 Å². The first-order valence-electron chi connectivity index (χ1n) is 5.56. The van der Waals surface area contributed by atoms with Crippen LogP contribution in [0.4, 0.5) is 0 Å². The number of aryl methyl sites for hydroxylation is 1. The minimum Gasteiger partial charge on any atom is -0.396 e. The summed E-state index contributed by atoms with van der Waals surface area (Å²) in [5, 5.41) is 13.1. The second-order valence-electron chi connectivity index (χ2n) is 4.29. The van der Waals surface area contributed by atoms with Crippen molar-refractivity contribution >= 4 is 5.91 Å². The molecule has 1 aliphatic rings. The van der Waals surface area contributed by atoms with Crippen LogP contribution >= 0.6 is 0 Å². The number of aromatic nitrogens is 2. The molecule has 2 heterocycles. The van der Waals surface area contributed by atoms with Crippen molar-refractivity contribution in [1.29, 1.82) is 0 Å². The van der Waals surface area contributed by atoms with Crippen molar-refractivity contribution < 1.29 is 9.90 Å². The van der Waals surface area contributed by atoms with Crippen LogP contribution in [0.2, 0.25) is 0 Å². The van der Waals surface area contributed by atoms with Crippen LogP contribution in [0.15, 0.2) is 12.3 Å². The van der Waals surface area contributed by atoms with Gasteiger partial charge in [0.2, 0.25) is 5.91 Å². The third-order valence-electron chi connectivity index (χ3n) is 3.11. The Kier molecular flexibility index (Phi) is 3.24. The zero-order valence-electron chi connectivity index (χ0n) is 9.46. The summed E-state index contributed by atoms with van der Waals surface area (Å²) in [5.74, 6) is 0.278. The van der Waals surface area contributed by atoms with E-state index < -0.39 is 0 Å². The number of rotatable bonds is 4. The first-order chi connectivity index (χ1) is 7.70. The van der Waals surface area contributed by atoms with Crippen molar-refractivity contribution in [2.75, 3.05) is 19.7 Å². The third kappa shape index (κ3) is 2.24. The Balaban J connectivity index is 1.87. The minimum atomic E-state index is 0.105. The summed E-state index contributed by atoms with van der Waals surface area (Å²) in [7, 11) is 1.90. The molecule has 1 aromatic rings. The molecule has 1 aromatic heterocycles. The molecule has 1 aliphatic heterocycles. The molecule has 0 aliphatic carbocycles. The van der Waals surface area contributed by atoms with Crippen molar-refractivity contribution in [3.05, 3.63) is 18.0 Å². The van der Waals surface area contributed by atoms with Gasteiger partial charge in [-0.3, -0.25) is 9.48 Å². The molecule has 0 aromatic carbocycles. The van der Waals surface area contributed by atoms with Crippen LogP contribution in [-0.2, 0) is 18.3 Å². The van der Waals surface area contributed by atoms with E-state index in [1.54, 1.807) is 6.20 Å². The van der Waals surface area contributed by atoms with E-state index in [2.05, 4.69) is 5.10 Å². The maximum absolute atomic E-state index is 11.6. The number of amides is 1. The van der Waals surface area contributed by atoms with Crippen molar-refractivity contribution in [2.45, 2.75) is 12.8 Å². The number of nitrogens with zero attached hydrogens (tertiary/aromatic N) is 3. The first kappa shape index (κ1) is 11.1. The number of carbonyl (C=O) groups is 1. The van der Waals surface area contributed by atoms with E-state index in [4.69, 9.17) is 5.11 Å². The predicted molar refractivity (Wildman–Crippen MR) is 58.7 cm³/mol. The van der Waals surface area contributed by atoms with Crippen LogP contribution in [0.5, 0.6) is 0 Å². The van der Waals surface area contributed by atoms with Crippen molar-refractivity contribution in [1.82, 2.24) is 14.7 Å². The van der Waals surface area contributed by atoms with Gasteiger partial charge in [0.15, 0.2) is 0 Å². The number of hydrogen-bond donors (Lipinski definition) is 1. The fourth-order valence-electron chi connectivity index (χ4n) is 2.09. The zero-order valence-corrected chi connectivity index (χ0v) is 9.46. The van der Waals surface area contributed by atoms with Gasteiger partial charge in [-0.2, -0.15) is 5.10 Å². The normalized spacial score (nSPS) is 20.8. The molecule has 1 N–H and O–H groups in total. The summed E-state index contributed by atoms with van der Waals surface area (Å²) < 4.78 is 1.82. The summed E-state index contributed by atoms with van der Waals surface area (Å²) in [6.07, 6.45) is 3.07. The van der Waals surface area contributed by atoms with Gasteiger partial charge in [0, 0.05) is 57.4 Å². The van der Waals surface area contributed by atoms with Gasteiger partial charge in [-0.25, -0.2) is 0 Å². The second kappa shape index (κ2) is 4.65. The van der Waals surface area contributed by atoms with Gasteiger partial charge in [-0.1, -0.05) is 0 Å². The monoisotopic (exact) mass is 223 g/mol. The molecular formula is C11H17N3O2. The van der Waals surface area contributed by atoms with Crippen molar-refractivity contribution in [3.63, 3.8) is 0 Å². The summed E-state index contributed by atoms with van der Waals surface area (Å²) in [6, 6.07) is 1.96. The lowest BCUT2D eigenvalue weighted by atomic mass is 10.1. The van der Waals surface area contributed by atoms with Crippen LogP contribution in [0.3, 0.4) is 0 Å². The van der Waals surface area contributed by atoms with Gasteiger partial charge in [0.1, 0.15) is 0 Å². The molecule has 1 saturated heterocycles. The maximum atomic E-state index is 11.6. The van der Waals surface area contributed by atoms with Gasteiger partial charge < -0.3 is 10.0 Å². The Labute approximate surface area is 94.7 Å². The van der Waals surface area contributed by atoms with Gasteiger partial charge in [0.25, 0.3) is 0 Å². The molecule has 5 nitrogen and oxygen atoms in total. The van der Waals surface area contributed by atoms with Crippen molar-refractivity contribution in [2.24, 2.45) is 13.0 Å². The van der Waals surface area contributed by atoms with E-state index >= 15 is 0 Å². The number of likely N-dealkylation sites (tertiary alicyclic amines) is 1. The number of carbonyl (C=O) groups excluding carboxylic acids is 1. The van der Waals surface area contributed by atoms with E-state index in [-0.39, 0.29) is 18.4 Å². The standard InChI is InChI=1S/C11H17N3O2/c1-13-10(2-4-12-13)3-5-14-7-9(8-15)6-11(14)16/h2,4,9,15H,3,5-8H2,1H3. The topological polar surface area (TPSA) is 58.4 Å². The van der Waals surface area contributed by atoms with Crippen LogP contribution in [0.25, 0.3) is 0 Å². The highest BCUT2D eigenvalue weighted by Crippen LogP contribution is 2.17. The fourth-order valence-corrected chi connectivity index (χ4v) is 2.09. The van der Waals surface area contributed by atoms with E-state index in [0.717, 1.165) is 18.7 Å². The zero-order chi connectivity index (χ0) is 11.5. The molecule has 5 heteroatoms. The Morgan fingerprint density at radius 1 is 1.62 bits per heavy atom. The summed E-state index contributed by atoms with van der Waals surface area (Å²) in [6.45, 7) is 1.51. The molecule has 16 heavy (non-hydrogen) atoms. The lowest BCUT2D eigenvalue weighted by Gasteiger charge is -2.16. The van der Waals surface area contributed by atoms with Gasteiger partial charge in [-0.15, -0.1) is 0 Å². The Hall–Kier alpha value is -1.36. The van der Waals surface area contributed by atoms with Crippen LogP contribution in [0, 0.1) is 5.92 Å². The highest BCUT2D eigenvalue weighted by molar-refractivity contribution is 5.78. The molecule has 0 bridgehead atoms. The predicted octanol–water partition coefficient (Wildman–Crippen LogP) is -0.197. The molecule has 0 radical (unpaired) electrons. The van der Waals surface area contributed by atoms with Gasteiger partial charge in [-0.05, 0) is 6.07 Å². The smallest absolute Gasteiger partial charge is 0.223 e. The van der Waals surface area contributed by atoms with Crippen LogP contribution in [0.1, 0.15) is 12.1 Å². The second-order valence-corrected chi connectivity index (χ2v) is 4.29. The lowest BCUT2D eigenvalue weighted by Crippen LogP contribution is -2.28. The maximum Gasteiger partial charge on any atom is 0.223 e. The van der Waals surface area contributed by atoms with Gasteiger partial charge in [0.05, 0.1) is 0 Å². The molecule has 0 spiro atoms. The minimum absolute atomic E-state index is 0.105. The molecule has 88 valence electrons. The fraction of sp³-hybridized carbons (Fsp3) is 0.636. The third-order valence-corrected chi connectivity index (χ3v) is 3.11. The molecule has 1 amide bonds. The molecule has 1 atom stereocenters. The van der Waals surface area contributed by atoms with E-state index in [9.17, 15) is 4.79 Å². The Morgan fingerprint density at radius 3 is 3.00 bits per heavy atom. The van der Waals surface area contributed by atoms with Gasteiger partial charge >= 0.3 is 0 Å². The molecular weight excluding hydrogens is 206 g/mol. The summed E-state index contributed by atoms with van der Waals surface area (Å²) in [4.78, 5) is 13.4. The first-order valence-corrected chi connectivity index (χ1v) is 5.56. The average molecular weight is 223 g/mol. The highest BCUT2D eigenvalue weighted by atomic mass is 16.3.